The summed E-state index contributed by atoms with van der Waals surface area (Å²) in [5, 5.41) is 7.18. The van der Waals surface area contributed by atoms with Gasteiger partial charge in [-0.2, -0.15) is 9.78 Å². The number of rotatable bonds is 4. The van der Waals surface area contributed by atoms with Gasteiger partial charge in [-0.15, -0.1) is 0 Å². The first kappa shape index (κ1) is 21.4. The lowest BCUT2D eigenvalue weighted by Crippen LogP contribution is -2.28. The maximum absolute atomic E-state index is 12.6. The minimum absolute atomic E-state index is 0.263. The zero-order chi connectivity index (χ0) is 22.5. The SMILES string of the molecule is CC1=CCC/C(c2cnn(C(=O)NCc3cnc(-c4ccnc(C)c4)c(C)c3)c2)=C/C=C1. The molecule has 3 heterocycles. The molecule has 0 aliphatic heterocycles. The Morgan fingerprint density at radius 2 is 2.00 bits per heavy atom. The van der Waals surface area contributed by atoms with Crippen molar-refractivity contribution in [2.75, 3.05) is 0 Å². The van der Waals surface area contributed by atoms with Gasteiger partial charge in [0.05, 0.1) is 11.9 Å². The topological polar surface area (TPSA) is 72.7 Å². The van der Waals surface area contributed by atoms with E-state index in [1.165, 1.54) is 15.8 Å². The molecule has 1 N–H and O–H groups in total. The molecule has 0 fully saturated rings. The number of amides is 1. The molecule has 0 radical (unpaired) electrons. The van der Waals surface area contributed by atoms with Gasteiger partial charge in [-0.3, -0.25) is 9.97 Å². The van der Waals surface area contributed by atoms with Crippen molar-refractivity contribution in [3.8, 4) is 11.3 Å². The average Bonchev–Trinajstić information content (AvgIpc) is 3.25. The highest BCUT2D eigenvalue weighted by atomic mass is 16.2. The molecule has 0 atom stereocenters. The first-order chi connectivity index (χ1) is 15.5. The van der Waals surface area contributed by atoms with Crippen LogP contribution < -0.4 is 5.32 Å². The Bertz CT molecular complexity index is 1230. The van der Waals surface area contributed by atoms with E-state index in [2.05, 4.69) is 45.5 Å². The summed E-state index contributed by atoms with van der Waals surface area (Å²) in [4.78, 5) is 21.5. The number of aromatic nitrogens is 4. The van der Waals surface area contributed by atoms with E-state index in [0.717, 1.165) is 46.5 Å². The van der Waals surface area contributed by atoms with Gasteiger partial charge >= 0.3 is 6.03 Å². The number of hydrogen-bond donors (Lipinski definition) is 1. The summed E-state index contributed by atoms with van der Waals surface area (Å²) in [6.45, 7) is 6.47. The molecule has 4 rings (SSSR count). The summed E-state index contributed by atoms with van der Waals surface area (Å²) >= 11 is 0. The fraction of sp³-hybridized carbons (Fsp3) is 0.231. The molecule has 6 nitrogen and oxygen atoms in total. The van der Waals surface area contributed by atoms with Crippen LogP contribution in [0.4, 0.5) is 4.79 Å². The molecule has 162 valence electrons. The van der Waals surface area contributed by atoms with Crippen molar-refractivity contribution in [2.24, 2.45) is 0 Å². The molecule has 6 heteroatoms. The van der Waals surface area contributed by atoms with Crippen LogP contribution in [0, 0.1) is 13.8 Å². The predicted molar refractivity (Wildman–Crippen MR) is 127 cm³/mol. The van der Waals surface area contributed by atoms with E-state index in [1.54, 1.807) is 24.8 Å². The number of carbonyl (C=O) groups is 1. The van der Waals surface area contributed by atoms with Gasteiger partial charge in [0.25, 0.3) is 0 Å². The maximum atomic E-state index is 12.6. The Kier molecular flexibility index (Phi) is 6.40. The van der Waals surface area contributed by atoms with E-state index in [4.69, 9.17) is 0 Å². The van der Waals surface area contributed by atoms with Crippen molar-refractivity contribution in [3.05, 3.63) is 95.2 Å². The molecule has 0 saturated carbocycles. The van der Waals surface area contributed by atoms with Gasteiger partial charge in [0.15, 0.2) is 0 Å². The molecular weight excluding hydrogens is 398 g/mol. The second kappa shape index (κ2) is 9.56. The van der Waals surface area contributed by atoms with Gasteiger partial charge in [-0.25, -0.2) is 4.79 Å². The minimum atomic E-state index is -0.263. The number of aryl methyl sites for hydroxylation is 2. The van der Waals surface area contributed by atoms with Crippen molar-refractivity contribution >= 4 is 11.6 Å². The van der Waals surface area contributed by atoms with Gasteiger partial charge in [0, 0.05) is 42.0 Å². The standard InChI is InChI=1S/C26H27N5O/c1-18-6-4-8-22(9-5-7-18)24-16-30-31(17-24)26(32)29-15-21-12-19(2)25(28-14-21)23-10-11-27-20(3)13-23/h4,6-8,10-14,16-17H,5,9,15H2,1-3H3,(H,29,32)/b6-4?,18-7?,22-8-. The van der Waals surface area contributed by atoms with Crippen LogP contribution in [0.15, 0.2) is 72.9 Å². The summed E-state index contributed by atoms with van der Waals surface area (Å²) in [6, 6.07) is 5.76. The highest BCUT2D eigenvalue weighted by Crippen LogP contribution is 2.23. The largest absolute Gasteiger partial charge is 0.342 e. The van der Waals surface area contributed by atoms with Crippen LogP contribution in [0.1, 0.15) is 42.1 Å². The second-order valence-corrected chi connectivity index (χ2v) is 8.07. The van der Waals surface area contributed by atoms with Crippen LogP contribution in [0.5, 0.6) is 0 Å². The lowest BCUT2D eigenvalue weighted by Gasteiger charge is -2.09. The molecule has 3 aromatic rings. The van der Waals surface area contributed by atoms with Gasteiger partial charge in [-0.1, -0.05) is 35.9 Å². The summed E-state index contributed by atoms with van der Waals surface area (Å²) in [7, 11) is 0. The highest BCUT2D eigenvalue weighted by Gasteiger charge is 2.11. The van der Waals surface area contributed by atoms with E-state index in [9.17, 15) is 4.79 Å². The minimum Gasteiger partial charge on any atom is -0.332 e. The monoisotopic (exact) mass is 425 g/mol. The molecule has 3 aromatic heterocycles. The number of nitrogens with zero attached hydrogens (tertiary/aromatic N) is 4. The lowest BCUT2D eigenvalue weighted by molar-refractivity contribution is 0.239. The summed E-state index contributed by atoms with van der Waals surface area (Å²) in [5.41, 5.74) is 8.32. The van der Waals surface area contributed by atoms with Gasteiger partial charge in [0.2, 0.25) is 0 Å². The van der Waals surface area contributed by atoms with Crippen molar-refractivity contribution in [2.45, 2.75) is 40.2 Å². The number of pyridine rings is 2. The molecule has 0 unspecified atom stereocenters. The summed E-state index contributed by atoms with van der Waals surface area (Å²) in [5.74, 6) is 0. The average molecular weight is 426 g/mol. The Hall–Kier alpha value is -3.80. The number of carbonyl (C=O) groups excluding carboxylic acids is 1. The molecule has 1 aliphatic rings. The first-order valence-electron chi connectivity index (χ1n) is 10.8. The Morgan fingerprint density at radius 3 is 2.81 bits per heavy atom. The van der Waals surface area contributed by atoms with Crippen LogP contribution in [-0.4, -0.2) is 25.8 Å². The zero-order valence-electron chi connectivity index (χ0n) is 18.7. The predicted octanol–water partition coefficient (Wildman–Crippen LogP) is 5.39. The Morgan fingerprint density at radius 1 is 1.12 bits per heavy atom. The van der Waals surface area contributed by atoms with E-state index in [0.29, 0.717) is 6.54 Å². The smallest absolute Gasteiger partial charge is 0.332 e. The summed E-state index contributed by atoms with van der Waals surface area (Å²) in [6.07, 6.45) is 17.5. The highest BCUT2D eigenvalue weighted by molar-refractivity contribution is 5.77. The normalized spacial score (nSPS) is 15.3. The third-order valence-electron chi connectivity index (χ3n) is 5.45. The van der Waals surface area contributed by atoms with Crippen LogP contribution in [-0.2, 0) is 6.54 Å². The molecule has 0 saturated heterocycles. The van der Waals surface area contributed by atoms with Crippen molar-refractivity contribution in [1.82, 2.24) is 25.1 Å². The quantitative estimate of drug-likeness (QED) is 0.608. The molecule has 0 bridgehead atoms. The molecular formula is C26H27N5O. The van der Waals surface area contributed by atoms with E-state index < -0.39 is 0 Å². The fourth-order valence-electron chi connectivity index (χ4n) is 3.75. The Labute approximate surface area is 188 Å². The molecule has 1 amide bonds. The molecule has 32 heavy (non-hydrogen) atoms. The molecule has 0 spiro atoms. The first-order valence-corrected chi connectivity index (χ1v) is 10.8. The van der Waals surface area contributed by atoms with Gasteiger partial charge < -0.3 is 5.32 Å². The van der Waals surface area contributed by atoms with Crippen molar-refractivity contribution < 1.29 is 4.79 Å². The summed E-state index contributed by atoms with van der Waals surface area (Å²) < 4.78 is 1.36. The van der Waals surface area contributed by atoms with Gasteiger partial charge in [-0.05, 0) is 62.4 Å². The zero-order valence-corrected chi connectivity index (χ0v) is 18.7. The van der Waals surface area contributed by atoms with E-state index in [-0.39, 0.29) is 6.03 Å². The second-order valence-electron chi connectivity index (χ2n) is 8.07. The molecule has 1 aliphatic carbocycles. The third kappa shape index (κ3) is 5.09. The van der Waals surface area contributed by atoms with Crippen molar-refractivity contribution in [1.29, 1.82) is 0 Å². The maximum Gasteiger partial charge on any atom is 0.342 e. The number of hydrogen-bond acceptors (Lipinski definition) is 4. The number of allylic oxidation sites excluding steroid dienone is 6. The van der Waals surface area contributed by atoms with Crippen LogP contribution >= 0.6 is 0 Å². The van der Waals surface area contributed by atoms with E-state index in [1.807, 2.05) is 38.1 Å². The number of nitrogens with one attached hydrogen (secondary N) is 1. The lowest BCUT2D eigenvalue weighted by atomic mass is 10.0. The van der Waals surface area contributed by atoms with Crippen LogP contribution in [0.25, 0.3) is 16.8 Å². The van der Waals surface area contributed by atoms with Crippen LogP contribution in [0.2, 0.25) is 0 Å². The van der Waals surface area contributed by atoms with Gasteiger partial charge in [0.1, 0.15) is 0 Å². The van der Waals surface area contributed by atoms with Crippen molar-refractivity contribution in [3.63, 3.8) is 0 Å². The van der Waals surface area contributed by atoms with E-state index >= 15 is 0 Å². The fourth-order valence-corrected chi connectivity index (χ4v) is 3.75. The Balaban J connectivity index is 1.41. The molecule has 0 aromatic carbocycles. The third-order valence-corrected chi connectivity index (χ3v) is 5.45. The van der Waals surface area contributed by atoms with Crippen LogP contribution in [0.3, 0.4) is 0 Å².